The lowest BCUT2D eigenvalue weighted by atomic mass is 10.2. The third-order valence-electron chi connectivity index (χ3n) is 6.50. The van der Waals surface area contributed by atoms with Crippen LogP contribution in [0.3, 0.4) is 0 Å². The van der Waals surface area contributed by atoms with E-state index in [9.17, 15) is 19.2 Å². The number of para-hydroxylation sites is 1. The van der Waals surface area contributed by atoms with Gasteiger partial charge in [-0.3, -0.25) is 23.5 Å². The van der Waals surface area contributed by atoms with Crippen molar-refractivity contribution in [2.24, 2.45) is 0 Å². The maximum atomic E-state index is 13.3. The van der Waals surface area contributed by atoms with Crippen molar-refractivity contribution < 1.29 is 19.1 Å². The van der Waals surface area contributed by atoms with Crippen molar-refractivity contribution in [3.63, 3.8) is 0 Å². The summed E-state index contributed by atoms with van der Waals surface area (Å²) < 4.78 is 13.2. The number of carbonyl (C=O) groups is 2. The molecule has 0 bridgehead atoms. The van der Waals surface area contributed by atoms with Crippen LogP contribution in [0.25, 0.3) is 10.9 Å². The van der Waals surface area contributed by atoms with Gasteiger partial charge >= 0.3 is 5.69 Å². The van der Waals surface area contributed by atoms with Gasteiger partial charge in [0.05, 0.1) is 10.9 Å². The predicted octanol–water partition coefficient (Wildman–Crippen LogP) is 2.25. The molecule has 10 nitrogen and oxygen atoms in total. The van der Waals surface area contributed by atoms with Crippen LogP contribution in [0.4, 0.5) is 0 Å². The molecule has 0 atom stereocenters. The zero-order valence-corrected chi connectivity index (χ0v) is 21.2. The number of nitrogens with one attached hydrogen (secondary N) is 1. The molecular formula is C27H32N4O6. The van der Waals surface area contributed by atoms with E-state index in [2.05, 4.69) is 5.32 Å². The Morgan fingerprint density at radius 3 is 2.51 bits per heavy atom. The quantitative estimate of drug-likeness (QED) is 0.398. The lowest BCUT2D eigenvalue weighted by Crippen LogP contribution is -2.43. The van der Waals surface area contributed by atoms with E-state index in [0.717, 1.165) is 5.56 Å². The molecule has 196 valence electrons. The van der Waals surface area contributed by atoms with Gasteiger partial charge < -0.3 is 19.7 Å². The van der Waals surface area contributed by atoms with E-state index in [1.807, 2.05) is 32.0 Å². The second-order valence-corrected chi connectivity index (χ2v) is 8.83. The minimum absolute atomic E-state index is 0.120. The summed E-state index contributed by atoms with van der Waals surface area (Å²) >= 11 is 0. The molecule has 1 aromatic heterocycles. The number of aromatic nitrogens is 2. The molecule has 3 aromatic rings. The number of unbranched alkanes of at least 4 members (excludes halogenated alkanes) is 1. The van der Waals surface area contributed by atoms with Crippen LogP contribution in [0.15, 0.2) is 52.1 Å². The smallest absolute Gasteiger partial charge is 0.331 e. The first-order chi connectivity index (χ1) is 17.9. The van der Waals surface area contributed by atoms with Gasteiger partial charge in [0.15, 0.2) is 11.5 Å². The molecule has 0 spiro atoms. The zero-order valence-electron chi connectivity index (χ0n) is 21.2. The fraction of sp³-hybridized carbons (Fsp3) is 0.407. The summed E-state index contributed by atoms with van der Waals surface area (Å²) in [7, 11) is 0. The van der Waals surface area contributed by atoms with Gasteiger partial charge in [0.1, 0.15) is 6.54 Å². The average Bonchev–Trinajstić information content (AvgIpc) is 3.38. The van der Waals surface area contributed by atoms with E-state index < -0.39 is 5.69 Å². The fourth-order valence-corrected chi connectivity index (χ4v) is 4.43. The first-order valence-corrected chi connectivity index (χ1v) is 12.6. The Morgan fingerprint density at radius 2 is 1.73 bits per heavy atom. The van der Waals surface area contributed by atoms with Gasteiger partial charge in [-0.2, -0.15) is 0 Å². The molecule has 1 aliphatic rings. The Labute approximate surface area is 214 Å². The number of fused-ring (bicyclic) bond motifs is 2. The molecule has 2 heterocycles. The number of amides is 2. The van der Waals surface area contributed by atoms with Gasteiger partial charge in [0.25, 0.3) is 5.56 Å². The van der Waals surface area contributed by atoms with Crippen molar-refractivity contribution in [1.29, 1.82) is 0 Å². The number of hydrogen-bond acceptors (Lipinski definition) is 6. The van der Waals surface area contributed by atoms with Crippen molar-refractivity contribution in [3.8, 4) is 11.5 Å². The molecule has 0 unspecified atom stereocenters. The molecule has 0 fully saturated rings. The monoisotopic (exact) mass is 508 g/mol. The number of benzene rings is 2. The second kappa shape index (κ2) is 11.8. The first kappa shape index (κ1) is 26.0. The van der Waals surface area contributed by atoms with Gasteiger partial charge in [-0.05, 0) is 56.5 Å². The molecule has 10 heteroatoms. The third kappa shape index (κ3) is 5.84. The average molecular weight is 509 g/mol. The largest absolute Gasteiger partial charge is 0.454 e. The predicted molar refractivity (Wildman–Crippen MR) is 139 cm³/mol. The molecule has 4 rings (SSSR count). The number of likely N-dealkylation sites (N-methyl/N-ethyl adjacent to an activating group) is 1. The summed E-state index contributed by atoms with van der Waals surface area (Å²) in [5.74, 6) is 1.06. The SMILES string of the molecule is CCN(CC)C(=O)Cn1c(=O)n(CCCCC(=O)NCc2ccc3c(c2)OCO3)c(=O)c2ccccc21. The molecule has 0 saturated heterocycles. The molecule has 0 radical (unpaired) electrons. The van der Waals surface area contributed by atoms with Crippen LogP contribution in [-0.2, 0) is 29.2 Å². The number of carbonyl (C=O) groups excluding carboxylic acids is 2. The highest BCUT2D eigenvalue weighted by Gasteiger charge is 2.18. The maximum Gasteiger partial charge on any atom is 0.331 e. The summed E-state index contributed by atoms with van der Waals surface area (Å²) in [5.41, 5.74) is 0.438. The van der Waals surface area contributed by atoms with Gasteiger partial charge in [0, 0.05) is 32.6 Å². The molecule has 37 heavy (non-hydrogen) atoms. The van der Waals surface area contributed by atoms with E-state index in [-0.39, 0.29) is 43.7 Å². The Bertz CT molecular complexity index is 1410. The molecular weight excluding hydrogens is 476 g/mol. The van der Waals surface area contributed by atoms with Crippen LogP contribution in [0.5, 0.6) is 11.5 Å². The Morgan fingerprint density at radius 1 is 0.973 bits per heavy atom. The van der Waals surface area contributed by atoms with Crippen LogP contribution in [0.1, 0.15) is 38.7 Å². The Balaban J connectivity index is 1.38. The minimum Gasteiger partial charge on any atom is -0.454 e. The normalized spacial score (nSPS) is 12.1. The fourth-order valence-electron chi connectivity index (χ4n) is 4.43. The number of hydrogen-bond donors (Lipinski definition) is 1. The maximum absolute atomic E-state index is 13.3. The van der Waals surface area contributed by atoms with Gasteiger partial charge in [0.2, 0.25) is 18.6 Å². The zero-order chi connectivity index (χ0) is 26.4. The molecule has 1 aliphatic heterocycles. The van der Waals surface area contributed by atoms with Crippen molar-refractivity contribution in [1.82, 2.24) is 19.4 Å². The topological polar surface area (TPSA) is 112 Å². The highest BCUT2D eigenvalue weighted by atomic mass is 16.7. The molecule has 1 N–H and O–H groups in total. The van der Waals surface area contributed by atoms with Crippen molar-refractivity contribution >= 4 is 22.7 Å². The summed E-state index contributed by atoms with van der Waals surface area (Å²) in [6.07, 6.45) is 1.24. The summed E-state index contributed by atoms with van der Waals surface area (Å²) in [4.78, 5) is 53.0. The lowest BCUT2D eigenvalue weighted by molar-refractivity contribution is -0.131. The van der Waals surface area contributed by atoms with Crippen LogP contribution >= 0.6 is 0 Å². The molecule has 0 saturated carbocycles. The Kier molecular flexibility index (Phi) is 8.27. The second-order valence-electron chi connectivity index (χ2n) is 8.83. The van der Waals surface area contributed by atoms with Crippen LogP contribution in [-0.4, -0.2) is 45.7 Å². The van der Waals surface area contributed by atoms with Crippen LogP contribution in [0, 0.1) is 0 Å². The minimum atomic E-state index is -0.517. The van der Waals surface area contributed by atoms with E-state index in [4.69, 9.17) is 9.47 Å². The molecule has 2 aromatic carbocycles. The highest BCUT2D eigenvalue weighted by molar-refractivity contribution is 5.81. The van der Waals surface area contributed by atoms with Crippen molar-refractivity contribution in [2.75, 3.05) is 19.9 Å². The van der Waals surface area contributed by atoms with Crippen molar-refractivity contribution in [2.45, 2.75) is 52.7 Å². The standard InChI is InChI=1S/C27H32N4O6/c1-3-29(4-2)25(33)17-31-21-10-6-5-9-20(21)26(34)30(27(31)35)14-8-7-11-24(32)28-16-19-12-13-22-23(15-19)37-18-36-22/h5-6,9-10,12-13,15H,3-4,7-8,11,14,16-18H2,1-2H3,(H,28,32). The van der Waals surface area contributed by atoms with Crippen LogP contribution in [0.2, 0.25) is 0 Å². The Hall–Kier alpha value is -4.08. The number of nitrogens with zero attached hydrogens (tertiary/aromatic N) is 3. The van der Waals surface area contributed by atoms with Gasteiger partial charge in [-0.15, -0.1) is 0 Å². The molecule has 2 amide bonds. The number of rotatable bonds is 11. The van der Waals surface area contributed by atoms with E-state index in [0.29, 0.717) is 54.9 Å². The summed E-state index contributed by atoms with van der Waals surface area (Å²) in [6.45, 7) is 5.44. The summed E-state index contributed by atoms with van der Waals surface area (Å²) in [5, 5.41) is 3.26. The van der Waals surface area contributed by atoms with E-state index in [1.54, 1.807) is 29.2 Å². The van der Waals surface area contributed by atoms with E-state index in [1.165, 1.54) is 9.13 Å². The first-order valence-electron chi connectivity index (χ1n) is 12.6. The summed E-state index contributed by atoms with van der Waals surface area (Å²) in [6, 6.07) is 12.3. The number of ether oxygens (including phenoxy) is 2. The van der Waals surface area contributed by atoms with E-state index >= 15 is 0 Å². The highest BCUT2D eigenvalue weighted by Crippen LogP contribution is 2.32. The van der Waals surface area contributed by atoms with Gasteiger partial charge in [-0.1, -0.05) is 18.2 Å². The van der Waals surface area contributed by atoms with Crippen LogP contribution < -0.4 is 26.0 Å². The lowest BCUT2D eigenvalue weighted by Gasteiger charge is -2.20. The molecule has 0 aliphatic carbocycles. The third-order valence-corrected chi connectivity index (χ3v) is 6.50. The van der Waals surface area contributed by atoms with Crippen molar-refractivity contribution in [3.05, 3.63) is 68.9 Å². The van der Waals surface area contributed by atoms with Gasteiger partial charge in [-0.25, -0.2) is 4.79 Å².